The van der Waals surface area contributed by atoms with Gasteiger partial charge in [0.05, 0.1) is 6.54 Å². The molecule has 0 amide bonds. The lowest BCUT2D eigenvalue weighted by molar-refractivity contribution is 0.347. The van der Waals surface area contributed by atoms with Crippen molar-refractivity contribution in [1.82, 2.24) is 20.1 Å². The summed E-state index contributed by atoms with van der Waals surface area (Å²) in [5.74, 6) is 1.03. The standard InChI is InChI=1S/C12H24N4/c1-5-7-12(3,4)14-9-11-13-10-15-16(11)8-6-2/h10,14H,5-9H2,1-4H3. The summed E-state index contributed by atoms with van der Waals surface area (Å²) in [6.07, 6.45) is 5.10. The van der Waals surface area contributed by atoms with Gasteiger partial charge in [-0.1, -0.05) is 20.3 Å². The van der Waals surface area contributed by atoms with Crippen molar-refractivity contribution in [2.75, 3.05) is 0 Å². The minimum atomic E-state index is 0.178. The van der Waals surface area contributed by atoms with Crippen LogP contribution in [0.25, 0.3) is 0 Å². The minimum absolute atomic E-state index is 0.178. The molecule has 1 heterocycles. The van der Waals surface area contributed by atoms with Crippen molar-refractivity contribution < 1.29 is 0 Å². The fourth-order valence-electron chi connectivity index (χ4n) is 1.86. The van der Waals surface area contributed by atoms with Gasteiger partial charge in [0.25, 0.3) is 0 Å². The lowest BCUT2D eigenvalue weighted by Crippen LogP contribution is -2.39. The molecule has 16 heavy (non-hydrogen) atoms. The SMILES string of the molecule is CCCn1ncnc1CNC(C)(C)CCC. The van der Waals surface area contributed by atoms with E-state index in [1.807, 2.05) is 4.68 Å². The number of aromatic nitrogens is 3. The highest BCUT2D eigenvalue weighted by Gasteiger charge is 2.16. The molecular formula is C12H24N4. The molecule has 1 rings (SSSR count). The Morgan fingerprint density at radius 3 is 2.69 bits per heavy atom. The Bertz CT molecular complexity index is 304. The molecule has 0 atom stereocenters. The van der Waals surface area contributed by atoms with Crippen molar-refractivity contribution in [2.24, 2.45) is 0 Å². The second-order valence-corrected chi connectivity index (χ2v) is 4.89. The molecule has 0 aromatic carbocycles. The van der Waals surface area contributed by atoms with Crippen LogP contribution in [-0.4, -0.2) is 20.3 Å². The molecule has 4 nitrogen and oxygen atoms in total. The smallest absolute Gasteiger partial charge is 0.140 e. The van der Waals surface area contributed by atoms with Crippen LogP contribution in [0.3, 0.4) is 0 Å². The molecule has 0 aliphatic heterocycles. The maximum atomic E-state index is 4.29. The monoisotopic (exact) mass is 224 g/mol. The Kier molecular flexibility index (Phi) is 4.93. The molecule has 0 aliphatic rings. The van der Waals surface area contributed by atoms with Crippen LogP contribution in [0.15, 0.2) is 6.33 Å². The third-order valence-electron chi connectivity index (χ3n) is 2.73. The fraction of sp³-hybridized carbons (Fsp3) is 0.833. The van der Waals surface area contributed by atoms with Crippen LogP contribution in [0.4, 0.5) is 0 Å². The fourth-order valence-corrected chi connectivity index (χ4v) is 1.86. The van der Waals surface area contributed by atoms with Crippen molar-refractivity contribution in [3.8, 4) is 0 Å². The van der Waals surface area contributed by atoms with Crippen LogP contribution in [0.2, 0.25) is 0 Å². The number of nitrogens with one attached hydrogen (secondary N) is 1. The van der Waals surface area contributed by atoms with Crippen LogP contribution in [-0.2, 0) is 13.1 Å². The maximum absolute atomic E-state index is 4.29. The molecular weight excluding hydrogens is 200 g/mol. The van der Waals surface area contributed by atoms with Gasteiger partial charge < -0.3 is 5.32 Å². The molecule has 0 bridgehead atoms. The summed E-state index contributed by atoms with van der Waals surface area (Å²) < 4.78 is 1.98. The first kappa shape index (κ1) is 13.2. The third kappa shape index (κ3) is 3.93. The van der Waals surface area contributed by atoms with Crippen LogP contribution >= 0.6 is 0 Å². The van der Waals surface area contributed by atoms with Gasteiger partial charge in [0.1, 0.15) is 12.2 Å². The first-order valence-corrected chi connectivity index (χ1v) is 6.20. The van der Waals surface area contributed by atoms with Crippen LogP contribution in [0.5, 0.6) is 0 Å². The normalized spacial score (nSPS) is 12.0. The van der Waals surface area contributed by atoms with Crippen molar-refractivity contribution in [2.45, 2.75) is 65.6 Å². The first-order valence-electron chi connectivity index (χ1n) is 6.20. The first-order chi connectivity index (χ1) is 7.59. The molecule has 0 fully saturated rings. The van der Waals surface area contributed by atoms with Gasteiger partial charge in [0.2, 0.25) is 0 Å². The second-order valence-electron chi connectivity index (χ2n) is 4.89. The Morgan fingerprint density at radius 2 is 2.06 bits per heavy atom. The number of hydrogen-bond donors (Lipinski definition) is 1. The molecule has 0 aliphatic carbocycles. The van der Waals surface area contributed by atoms with E-state index in [9.17, 15) is 0 Å². The number of nitrogens with zero attached hydrogens (tertiary/aromatic N) is 3. The third-order valence-corrected chi connectivity index (χ3v) is 2.73. The van der Waals surface area contributed by atoms with Gasteiger partial charge in [0, 0.05) is 12.1 Å². The molecule has 1 aromatic rings. The summed E-state index contributed by atoms with van der Waals surface area (Å²) in [6.45, 7) is 10.6. The minimum Gasteiger partial charge on any atom is -0.305 e. The zero-order chi connectivity index (χ0) is 12.0. The molecule has 1 N–H and O–H groups in total. The lowest BCUT2D eigenvalue weighted by Gasteiger charge is -2.25. The molecule has 1 aromatic heterocycles. The Balaban J connectivity index is 2.50. The van der Waals surface area contributed by atoms with Gasteiger partial charge in [0.15, 0.2) is 0 Å². The van der Waals surface area contributed by atoms with E-state index >= 15 is 0 Å². The summed E-state index contributed by atoms with van der Waals surface area (Å²) in [5.41, 5.74) is 0.178. The van der Waals surface area contributed by atoms with E-state index in [1.165, 1.54) is 12.8 Å². The van der Waals surface area contributed by atoms with Gasteiger partial charge in [-0.2, -0.15) is 5.10 Å². The maximum Gasteiger partial charge on any atom is 0.140 e. The highest BCUT2D eigenvalue weighted by Crippen LogP contribution is 2.11. The molecule has 0 unspecified atom stereocenters. The van der Waals surface area contributed by atoms with Crippen LogP contribution in [0.1, 0.15) is 52.8 Å². The Labute approximate surface area is 98.5 Å². The topological polar surface area (TPSA) is 42.7 Å². The van der Waals surface area contributed by atoms with Crippen molar-refractivity contribution in [3.63, 3.8) is 0 Å². The number of rotatable bonds is 7. The number of hydrogen-bond acceptors (Lipinski definition) is 3. The van der Waals surface area contributed by atoms with E-state index in [1.54, 1.807) is 6.33 Å². The summed E-state index contributed by atoms with van der Waals surface area (Å²) in [7, 11) is 0. The summed E-state index contributed by atoms with van der Waals surface area (Å²) in [5, 5.41) is 7.76. The van der Waals surface area contributed by atoms with Gasteiger partial charge in [-0.15, -0.1) is 0 Å². The summed E-state index contributed by atoms with van der Waals surface area (Å²) >= 11 is 0. The van der Waals surface area contributed by atoms with E-state index in [-0.39, 0.29) is 5.54 Å². The lowest BCUT2D eigenvalue weighted by atomic mass is 9.99. The zero-order valence-corrected chi connectivity index (χ0v) is 11.0. The zero-order valence-electron chi connectivity index (χ0n) is 11.0. The second kappa shape index (κ2) is 5.99. The van der Waals surface area contributed by atoms with Crippen LogP contribution in [0, 0.1) is 0 Å². The van der Waals surface area contributed by atoms with E-state index in [4.69, 9.17) is 0 Å². The molecule has 4 heteroatoms. The molecule has 0 saturated heterocycles. The highest BCUT2D eigenvalue weighted by molar-refractivity contribution is 4.87. The molecule has 0 spiro atoms. The molecule has 92 valence electrons. The van der Waals surface area contributed by atoms with E-state index in [0.29, 0.717) is 0 Å². The average molecular weight is 224 g/mol. The molecule has 0 radical (unpaired) electrons. The van der Waals surface area contributed by atoms with Gasteiger partial charge in [-0.05, 0) is 26.7 Å². The number of aryl methyl sites for hydroxylation is 1. The predicted octanol–water partition coefficient (Wildman–Crippen LogP) is 2.36. The Hall–Kier alpha value is -0.900. The predicted molar refractivity (Wildman–Crippen MR) is 66.1 cm³/mol. The summed E-state index contributed by atoms with van der Waals surface area (Å²) in [6, 6.07) is 0. The quantitative estimate of drug-likeness (QED) is 0.773. The van der Waals surface area contributed by atoms with Crippen molar-refractivity contribution in [3.05, 3.63) is 12.2 Å². The Morgan fingerprint density at radius 1 is 1.31 bits per heavy atom. The average Bonchev–Trinajstić information content (AvgIpc) is 2.63. The van der Waals surface area contributed by atoms with Crippen LogP contribution < -0.4 is 5.32 Å². The largest absolute Gasteiger partial charge is 0.305 e. The van der Waals surface area contributed by atoms with Crippen molar-refractivity contribution in [1.29, 1.82) is 0 Å². The highest BCUT2D eigenvalue weighted by atomic mass is 15.3. The summed E-state index contributed by atoms with van der Waals surface area (Å²) in [4.78, 5) is 4.29. The van der Waals surface area contributed by atoms with Gasteiger partial charge in [-0.25, -0.2) is 9.67 Å². The van der Waals surface area contributed by atoms with E-state index in [0.717, 1.165) is 25.3 Å². The molecule has 0 saturated carbocycles. The van der Waals surface area contributed by atoms with Gasteiger partial charge >= 0.3 is 0 Å². The van der Waals surface area contributed by atoms with Crippen molar-refractivity contribution >= 4 is 0 Å². The van der Waals surface area contributed by atoms with E-state index < -0.39 is 0 Å². The van der Waals surface area contributed by atoms with Gasteiger partial charge in [-0.3, -0.25) is 0 Å². The van der Waals surface area contributed by atoms with E-state index in [2.05, 4.69) is 43.1 Å².